The third-order valence-electron chi connectivity index (χ3n) is 4.18. The predicted octanol–water partition coefficient (Wildman–Crippen LogP) is 0.818. The van der Waals surface area contributed by atoms with Crippen LogP contribution >= 0.6 is 0 Å². The Morgan fingerprint density at radius 1 is 1.00 bits per heavy atom. The molecular weight excluding hydrogens is 401 g/mol. The Balaban J connectivity index is 1.87. The highest BCUT2D eigenvalue weighted by atomic mass is 32.2. The van der Waals surface area contributed by atoms with Gasteiger partial charge in [-0.25, -0.2) is 8.98 Å². The molecule has 3 rings (SSSR count). The molecule has 0 aromatic heterocycles. The van der Waals surface area contributed by atoms with E-state index in [1.165, 1.54) is 13.8 Å². The van der Waals surface area contributed by atoms with E-state index in [-0.39, 0.29) is 6.61 Å². The van der Waals surface area contributed by atoms with Gasteiger partial charge in [0, 0.05) is 0 Å². The quantitative estimate of drug-likeness (QED) is 0.373. The topological polar surface area (TPSA) is 107 Å². The van der Waals surface area contributed by atoms with E-state index < -0.39 is 63.7 Å². The summed E-state index contributed by atoms with van der Waals surface area (Å²) in [6.45, 7) is 6.21. The lowest BCUT2D eigenvalue weighted by Crippen LogP contribution is -2.59. The lowest BCUT2D eigenvalue weighted by molar-refractivity contribution is -0.207. The van der Waals surface area contributed by atoms with Crippen LogP contribution in [0.1, 0.15) is 27.7 Å². The normalized spacial score (nSPS) is 38.5. The number of fused-ring (bicyclic) bond motifs is 1. The fourth-order valence-electron chi connectivity index (χ4n) is 3.16. The average molecular weight is 420 g/mol. The van der Waals surface area contributed by atoms with Crippen molar-refractivity contribution >= 4 is 16.1 Å². The summed E-state index contributed by atoms with van der Waals surface area (Å²) in [5.41, 5.74) is -5.71. The van der Waals surface area contributed by atoms with Gasteiger partial charge in [0.05, 0.1) is 6.61 Å². The number of carbonyl (C=O) groups excluding carboxylic acids is 1. The molecule has 0 aliphatic carbocycles. The van der Waals surface area contributed by atoms with Crippen LogP contribution in [0.3, 0.4) is 0 Å². The Morgan fingerprint density at radius 3 is 2.11 bits per heavy atom. The molecule has 27 heavy (non-hydrogen) atoms. The van der Waals surface area contributed by atoms with Crippen LogP contribution in [-0.2, 0) is 42.8 Å². The molecule has 3 fully saturated rings. The summed E-state index contributed by atoms with van der Waals surface area (Å²) in [4.78, 5) is 12.3. The van der Waals surface area contributed by atoms with Gasteiger partial charge in [-0.2, -0.15) is 21.6 Å². The van der Waals surface area contributed by atoms with Crippen molar-refractivity contribution in [1.82, 2.24) is 0 Å². The second-order valence-electron chi connectivity index (χ2n) is 7.25. The number of hydrogen-bond donors (Lipinski definition) is 0. The van der Waals surface area contributed by atoms with Crippen molar-refractivity contribution in [2.45, 2.75) is 75.3 Å². The van der Waals surface area contributed by atoms with Gasteiger partial charge in [-0.15, -0.1) is 0 Å². The molecule has 5 atom stereocenters. The van der Waals surface area contributed by atoms with E-state index in [4.69, 9.17) is 23.7 Å². The first-order chi connectivity index (χ1) is 12.1. The lowest BCUT2D eigenvalue weighted by atomic mass is 9.96. The van der Waals surface area contributed by atoms with Gasteiger partial charge in [0.25, 0.3) is 0 Å². The smallest absolute Gasteiger partial charge is 0.455 e. The third-order valence-corrected chi connectivity index (χ3v) is 5.21. The van der Waals surface area contributed by atoms with Crippen molar-refractivity contribution in [3.05, 3.63) is 0 Å². The molecule has 3 heterocycles. The summed E-state index contributed by atoms with van der Waals surface area (Å²) in [5.74, 6) is -3.61. The van der Waals surface area contributed by atoms with Crippen LogP contribution < -0.4 is 0 Å². The first-order valence-electron chi connectivity index (χ1n) is 7.99. The highest BCUT2D eigenvalue weighted by Gasteiger charge is 2.62. The number of cyclic esters (lactones) is 1. The molecule has 3 saturated heterocycles. The maximum Gasteiger partial charge on any atom is 0.523 e. The second-order valence-corrected chi connectivity index (χ2v) is 8.81. The fraction of sp³-hybridized carbons (Fsp3) is 0.929. The Labute approximate surface area is 153 Å². The molecule has 13 heteroatoms. The second kappa shape index (κ2) is 6.26. The number of ether oxygens (including phenoxy) is 5. The van der Waals surface area contributed by atoms with Gasteiger partial charge in [0.15, 0.2) is 17.7 Å². The van der Waals surface area contributed by atoms with Gasteiger partial charge in [0.1, 0.15) is 18.3 Å². The number of rotatable bonds is 3. The van der Waals surface area contributed by atoms with Gasteiger partial charge >= 0.3 is 21.6 Å². The van der Waals surface area contributed by atoms with Crippen LogP contribution in [0.2, 0.25) is 0 Å². The van der Waals surface area contributed by atoms with Crippen molar-refractivity contribution in [2.75, 3.05) is 6.61 Å². The van der Waals surface area contributed by atoms with Crippen molar-refractivity contribution in [3.63, 3.8) is 0 Å². The zero-order valence-electron chi connectivity index (χ0n) is 14.8. The van der Waals surface area contributed by atoms with Crippen molar-refractivity contribution in [1.29, 1.82) is 0 Å². The standard InChI is InChI=1S/C14H19F3O9S/c1-12(2)21-5-6(23-12)7-8-9(25-13(3,4)24-8)10(11(18)22-7)26-27(19,20)14(15,16)17/h6-10H,5H2,1-4H3/t6-,7+,8-,9-,10-/m0/s1. The largest absolute Gasteiger partial charge is 0.523 e. The highest BCUT2D eigenvalue weighted by Crippen LogP contribution is 2.41. The van der Waals surface area contributed by atoms with E-state index in [2.05, 4.69) is 4.18 Å². The predicted molar refractivity (Wildman–Crippen MR) is 78.5 cm³/mol. The maximum atomic E-state index is 12.6. The number of halogens is 3. The highest BCUT2D eigenvalue weighted by molar-refractivity contribution is 7.87. The van der Waals surface area contributed by atoms with Crippen LogP contribution in [0.15, 0.2) is 0 Å². The molecule has 0 bridgehead atoms. The van der Waals surface area contributed by atoms with Gasteiger partial charge in [-0.3, -0.25) is 0 Å². The summed E-state index contributed by atoms with van der Waals surface area (Å²) >= 11 is 0. The van der Waals surface area contributed by atoms with Crippen molar-refractivity contribution in [2.24, 2.45) is 0 Å². The van der Waals surface area contributed by atoms with E-state index >= 15 is 0 Å². The molecule has 0 aromatic rings. The van der Waals surface area contributed by atoms with E-state index in [0.29, 0.717) is 0 Å². The monoisotopic (exact) mass is 420 g/mol. The van der Waals surface area contributed by atoms with E-state index in [9.17, 15) is 26.4 Å². The lowest BCUT2D eigenvalue weighted by Gasteiger charge is -2.37. The number of alkyl halides is 3. The van der Waals surface area contributed by atoms with E-state index in [0.717, 1.165) is 0 Å². The SMILES string of the molecule is CC1(C)O[C@H]2[C@@H]([C@@H]3COC(C)(C)O3)OC(=O)[C@@H](OS(=O)(=O)C(F)(F)F)[C@H]2O1. The van der Waals surface area contributed by atoms with Crippen molar-refractivity contribution in [3.8, 4) is 0 Å². The Kier molecular flexibility index (Phi) is 4.80. The summed E-state index contributed by atoms with van der Waals surface area (Å²) < 4.78 is 92.0. The van der Waals surface area contributed by atoms with Crippen LogP contribution in [0.25, 0.3) is 0 Å². The number of hydrogen-bond acceptors (Lipinski definition) is 9. The zero-order chi connectivity index (χ0) is 20.4. The maximum absolute atomic E-state index is 12.6. The minimum Gasteiger partial charge on any atom is -0.455 e. The molecule has 0 aromatic carbocycles. The Hall–Kier alpha value is -0.990. The first kappa shape index (κ1) is 20.7. The molecule has 0 spiro atoms. The molecule has 0 amide bonds. The molecule has 9 nitrogen and oxygen atoms in total. The summed E-state index contributed by atoms with van der Waals surface area (Å²) in [7, 11) is -6.05. The minimum atomic E-state index is -6.05. The summed E-state index contributed by atoms with van der Waals surface area (Å²) in [5, 5.41) is 0. The molecule has 3 aliphatic heterocycles. The fourth-order valence-corrected chi connectivity index (χ4v) is 3.73. The molecule has 0 radical (unpaired) electrons. The molecule has 156 valence electrons. The Morgan fingerprint density at radius 2 is 1.59 bits per heavy atom. The van der Waals surface area contributed by atoms with Gasteiger partial charge in [-0.1, -0.05) is 0 Å². The minimum absolute atomic E-state index is 0.0321. The third kappa shape index (κ3) is 3.93. The summed E-state index contributed by atoms with van der Waals surface area (Å²) in [6.07, 6.45) is -6.60. The molecular formula is C14H19F3O9S. The Bertz CT molecular complexity index is 718. The van der Waals surface area contributed by atoms with Gasteiger partial charge < -0.3 is 23.7 Å². The van der Waals surface area contributed by atoms with Gasteiger partial charge in [0.2, 0.25) is 6.10 Å². The van der Waals surface area contributed by atoms with E-state index in [1.807, 2.05) is 0 Å². The molecule has 3 aliphatic rings. The van der Waals surface area contributed by atoms with Crippen LogP contribution in [0, 0.1) is 0 Å². The molecule has 0 saturated carbocycles. The van der Waals surface area contributed by atoms with Crippen molar-refractivity contribution < 1.29 is 54.3 Å². The molecule has 0 N–H and O–H groups in total. The van der Waals surface area contributed by atoms with Crippen LogP contribution in [0.4, 0.5) is 13.2 Å². The zero-order valence-corrected chi connectivity index (χ0v) is 15.6. The first-order valence-corrected chi connectivity index (χ1v) is 9.40. The molecule has 0 unspecified atom stereocenters. The summed E-state index contributed by atoms with van der Waals surface area (Å²) in [6, 6.07) is 0. The van der Waals surface area contributed by atoms with Gasteiger partial charge in [-0.05, 0) is 27.7 Å². The van der Waals surface area contributed by atoms with Crippen LogP contribution in [0.5, 0.6) is 0 Å². The van der Waals surface area contributed by atoms with E-state index in [1.54, 1.807) is 13.8 Å². The number of carbonyl (C=O) groups is 1. The number of esters is 1. The average Bonchev–Trinajstić information content (AvgIpc) is 2.99. The van der Waals surface area contributed by atoms with Crippen LogP contribution in [-0.4, -0.2) is 68.6 Å².